The van der Waals surface area contributed by atoms with E-state index in [0.717, 1.165) is 25.7 Å². The van der Waals surface area contributed by atoms with Gasteiger partial charge in [0.05, 0.1) is 6.42 Å². The van der Waals surface area contributed by atoms with Crippen LogP contribution in [0.4, 0.5) is 0 Å². The summed E-state index contributed by atoms with van der Waals surface area (Å²) >= 11 is 0. The summed E-state index contributed by atoms with van der Waals surface area (Å²) in [4.78, 5) is 24.4. The topological polar surface area (TPSA) is 83.6 Å². The first-order valence-electron chi connectivity index (χ1n) is 6.76. The molecule has 1 rings (SSSR count). The molecule has 0 aliphatic heterocycles. The van der Waals surface area contributed by atoms with Gasteiger partial charge in [0, 0.05) is 19.0 Å². The van der Waals surface area contributed by atoms with Gasteiger partial charge in [0.15, 0.2) is 0 Å². The SMILES string of the molecule is CC(CCN)CCC(=O)N(CCC(=O)O)C1CC1. The van der Waals surface area contributed by atoms with E-state index in [-0.39, 0.29) is 12.3 Å². The second-order valence-corrected chi connectivity index (χ2v) is 5.18. The number of carbonyl (C=O) groups excluding carboxylic acids is 1. The molecular formula is C13H24N2O3. The van der Waals surface area contributed by atoms with E-state index in [2.05, 4.69) is 6.92 Å². The first kappa shape index (κ1) is 15.0. The highest BCUT2D eigenvalue weighted by Gasteiger charge is 2.32. The van der Waals surface area contributed by atoms with Crippen LogP contribution in [0.3, 0.4) is 0 Å². The van der Waals surface area contributed by atoms with Gasteiger partial charge in [-0.15, -0.1) is 0 Å². The van der Waals surface area contributed by atoms with Gasteiger partial charge >= 0.3 is 5.97 Å². The normalized spacial score (nSPS) is 16.3. The summed E-state index contributed by atoms with van der Waals surface area (Å²) in [5.41, 5.74) is 5.47. The summed E-state index contributed by atoms with van der Waals surface area (Å²) in [5, 5.41) is 8.68. The molecule has 5 nitrogen and oxygen atoms in total. The van der Waals surface area contributed by atoms with Gasteiger partial charge in [0.1, 0.15) is 0 Å². The van der Waals surface area contributed by atoms with Crippen LogP contribution >= 0.6 is 0 Å². The standard InChI is InChI=1S/C13H24N2O3/c1-10(6-8-14)2-5-12(16)15(11-3-4-11)9-7-13(17)18/h10-11H,2-9,14H2,1H3,(H,17,18). The molecule has 1 aliphatic carbocycles. The minimum absolute atomic E-state index is 0.0423. The van der Waals surface area contributed by atoms with Crippen molar-refractivity contribution in [2.75, 3.05) is 13.1 Å². The summed E-state index contributed by atoms with van der Waals surface area (Å²) in [6, 6.07) is 0.293. The van der Waals surface area contributed by atoms with Crippen LogP contribution in [-0.4, -0.2) is 41.0 Å². The Kier molecular flexibility index (Phi) is 6.12. The monoisotopic (exact) mass is 256 g/mol. The molecule has 1 amide bonds. The first-order chi connectivity index (χ1) is 8.54. The highest BCUT2D eigenvalue weighted by Crippen LogP contribution is 2.28. The number of hydrogen-bond donors (Lipinski definition) is 2. The number of nitrogens with zero attached hydrogens (tertiary/aromatic N) is 1. The van der Waals surface area contributed by atoms with Crippen molar-refractivity contribution in [1.82, 2.24) is 4.90 Å². The van der Waals surface area contributed by atoms with Gasteiger partial charge in [-0.2, -0.15) is 0 Å². The van der Waals surface area contributed by atoms with Crippen LogP contribution < -0.4 is 5.73 Å². The highest BCUT2D eigenvalue weighted by atomic mass is 16.4. The van der Waals surface area contributed by atoms with E-state index >= 15 is 0 Å². The molecule has 0 aromatic carbocycles. The molecule has 18 heavy (non-hydrogen) atoms. The van der Waals surface area contributed by atoms with E-state index < -0.39 is 5.97 Å². The van der Waals surface area contributed by atoms with Crippen LogP contribution in [0.15, 0.2) is 0 Å². The molecule has 1 atom stereocenters. The third-order valence-corrected chi connectivity index (χ3v) is 3.39. The zero-order valence-corrected chi connectivity index (χ0v) is 11.1. The Morgan fingerprint density at radius 3 is 2.50 bits per heavy atom. The lowest BCUT2D eigenvalue weighted by molar-refractivity contribution is -0.138. The summed E-state index contributed by atoms with van der Waals surface area (Å²) in [6.45, 7) is 3.10. The zero-order chi connectivity index (χ0) is 13.5. The number of carbonyl (C=O) groups is 2. The molecule has 1 unspecified atom stereocenters. The third kappa shape index (κ3) is 5.49. The number of carboxylic acid groups (broad SMARTS) is 1. The number of amides is 1. The van der Waals surface area contributed by atoms with E-state index in [1.165, 1.54) is 0 Å². The lowest BCUT2D eigenvalue weighted by atomic mass is 10.0. The molecule has 0 radical (unpaired) electrons. The molecule has 0 aromatic heterocycles. The molecule has 3 N–H and O–H groups in total. The lowest BCUT2D eigenvalue weighted by Crippen LogP contribution is -2.35. The van der Waals surface area contributed by atoms with E-state index in [1.807, 2.05) is 0 Å². The molecule has 0 saturated heterocycles. The minimum Gasteiger partial charge on any atom is -0.481 e. The number of nitrogens with two attached hydrogens (primary N) is 1. The number of rotatable bonds is 9. The van der Waals surface area contributed by atoms with Gasteiger partial charge in [-0.25, -0.2) is 0 Å². The van der Waals surface area contributed by atoms with E-state index in [9.17, 15) is 9.59 Å². The lowest BCUT2D eigenvalue weighted by Gasteiger charge is -2.22. The number of carboxylic acids is 1. The fourth-order valence-corrected chi connectivity index (χ4v) is 2.06. The molecule has 0 aromatic rings. The van der Waals surface area contributed by atoms with Crippen molar-refractivity contribution in [3.63, 3.8) is 0 Å². The molecule has 0 bridgehead atoms. The van der Waals surface area contributed by atoms with Gasteiger partial charge in [-0.05, 0) is 38.1 Å². The summed E-state index contributed by atoms with van der Waals surface area (Å²) < 4.78 is 0. The Morgan fingerprint density at radius 1 is 1.33 bits per heavy atom. The van der Waals surface area contributed by atoms with Crippen LogP contribution in [0.25, 0.3) is 0 Å². The van der Waals surface area contributed by atoms with Crippen LogP contribution in [0.5, 0.6) is 0 Å². The number of hydrogen-bond acceptors (Lipinski definition) is 3. The van der Waals surface area contributed by atoms with Crippen molar-refractivity contribution in [2.45, 2.75) is 51.5 Å². The van der Waals surface area contributed by atoms with Gasteiger partial charge in [-0.3, -0.25) is 9.59 Å². The summed E-state index contributed by atoms with van der Waals surface area (Å²) in [7, 11) is 0. The van der Waals surface area contributed by atoms with Crippen LogP contribution in [-0.2, 0) is 9.59 Å². The molecule has 1 saturated carbocycles. The van der Waals surface area contributed by atoms with Gasteiger partial charge in [-0.1, -0.05) is 6.92 Å². The fraction of sp³-hybridized carbons (Fsp3) is 0.846. The van der Waals surface area contributed by atoms with Gasteiger partial charge < -0.3 is 15.7 Å². The zero-order valence-electron chi connectivity index (χ0n) is 11.1. The average Bonchev–Trinajstić information content (AvgIpc) is 3.11. The van der Waals surface area contributed by atoms with Crippen molar-refractivity contribution in [2.24, 2.45) is 11.7 Å². The molecule has 104 valence electrons. The molecule has 1 aliphatic rings. The smallest absolute Gasteiger partial charge is 0.305 e. The van der Waals surface area contributed by atoms with Crippen molar-refractivity contribution in [3.05, 3.63) is 0 Å². The predicted octanol–water partition coefficient (Wildman–Crippen LogP) is 1.22. The predicted molar refractivity (Wildman–Crippen MR) is 69.1 cm³/mol. The van der Waals surface area contributed by atoms with Crippen LogP contribution in [0.1, 0.15) is 45.4 Å². The minimum atomic E-state index is -0.843. The first-order valence-corrected chi connectivity index (χ1v) is 6.76. The second kappa shape index (κ2) is 7.36. The molecule has 0 spiro atoms. The van der Waals surface area contributed by atoms with Crippen molar-refractivity contribution in [3.8, 4) is 0 Å². The highest BCUT2D eigenvalue weighted by molar-refractivity contribution is 5.77. The Balaban J connectivity index is 2.33. The molecule has 0 heterocycles. The van der Waals surface area contributed by atoms with Gasteiger partial charge in [0.2, 0.25) is 5.91 Å². The van der Waals surface area contributed by atoms with E-state index in [0.29, 0.717) is 31.5 Å². The van der Waals surface area contributed by atoms with Crippen molar-refractivity contribution < 1.29 is 14.7 Å². The van der Waals surface area contributed by atoms with Crippen LogP contribution in [0.2, 0.25) is 0 Å². The maximum Gasteiger partial charge on any atom is 0.305 e. The Labute approximate surface area is 108 Å². The average molecular weight is 256 g/mol. The fourth-order valence-electron chi connectivity index (χ4n) is 2.06. The quantitative estimate of drug-likeness (QED) is 0.649. The molecular weight excluding hydrogens is 232 g/mol. The van der Waals surface area contributed by atoms with Crippen LogP contribution in [0, 0.1) is 5.92 Å². The number of aliphatic carboxylic acids is 1. The summed E-state index contributed by atoms with van der Waals surface area (Å²) in [6.07, 6.45) is 4.36. The maximum absolute atomic E-state index is 12.0. The Morgan fingerprint density at radius 2 is 2.00 bits per heavy atom. The largest absolute Gasteiger partial charge is 0.481 e. The van der Waals surface area contributed by atoms with Gasteiger partial charge in [0.25, 0.3) is 0 Å². The molecule has 5 heteroatoms. The third-order valence-electron chi connectivity index (χ3n) is 3.39. The second-order valence-electron chi connectivity index (χ2n) is 5.18. The molecule has 1 fully saturated rings. The van der Waals surface area contributed by atoms with E-state index in [4.69, 9.17) is 10.8 Å². The van der Waals surface area contributed by atoms with Crippen molar-refractivity contribution >= 4 is 11.9 Å². The Hall–Kier alpha value is -1.10. The Bertz CT molecular complexity index is 290. The van der Waals surface area contributed by atoms with E-state index in [1.54, 1.807) is 4.90 Å². The maximum atomic E-state index is 12.0. The van der Waals surface area contributed by atoms with Crippen molar-refractivity contribution in [1.29, 1.82) is 0 Å². The summed E-state index contributed by atoms with van der Waals surface area (Å²) in [5.74, 6) is -0.285.